The van der Waals surface area contributed by atoms with Gasteiger partial charge in [0, 0.05) is 15.9 Å². The number of amides is 1. The van der Waals surface area contributed by atoms with Gasteiger partial charge in [-0.1, -0.05) is 13.3 Å². The Bertz CT molecular complexity index is 559. The molecule has 1 amide bonds. The van der Waals surface area contributed by atoms with E-state index in [0.29, 0.717) is 11.3 Å². The van der Waals surface area contributed by atoms with Gasteiger partial charge in [0.05, 0.1) is 10.8 Å². The highest BCUT2D eigenvalue weighted by Gasteiger charge is 2.18. The van der Waals surface area contributed by atoms with Gasteiger partial charge in [0.15, 0.2) is 0 Å². The van der Waals surface area contributed by atoms with E-state index in [4.69, 9.17) is 5.11 Å². The summed E-state index contributed by atoms with van der Waals surface area (Å²) in [6, 6.07) is 3.84. The Morgan fingerprint density at radius 1 is 1.42 bits per heavy atom. The summed E-state index contributed by atoms with van der Waals surface area (Å²) in [7, 11) is 0. The van der Waals surface area contributed by atoms with Gasteiger partial charge in [0.1, 0.15) is 0 Å². The third-order valence-electron chi connectivity index (χ3n) is 2.86. The average Bonchev–Trinajstić information content (AvgIpc) is 2.94. The second-order valence-corrected chi connectivity index (χ2v) is 6.33. The summed E-state index contributed by atoms with van der Waals surface area (Å²) < 4.78 is 2.19. The van der Waals surface area contributed by atoms with Crippen molar-refractivity contribution in [1.29, 1.82) is 0 Å². The molecule has 0 radical (unpaired) electrons. The van der Waals surface area contributed by atoms with Crippen LogP contribution in [0, 0.1) is 5.92 Å². The molecule has 19 heavy (non-hydrogen) atoms. The molecule has 0 aromatic carbocycles. The summed E-state index contributed by atoms with van der Waals surface area (Å²) in [6.45, 7) is 2.12. The number of nitrogens with one attached hydrogen (secondary N) is 1. The fourth-order valence-corrected chi connectivity index (χ4v) is 3.87. The first kappa shape index (κ1) is 14.0. The summed E-state index contributed by atoms with van der Waals surface area (Å²) in [4.78, 5) is 23.6. The molecule has 0 aliphatic heterocycles. The van der Waals surface area contributed by atoms with E-state index in [9.17, 15) is 9.59 Å². The molecule has 0 aliphatic carbocycles. The molecule has 2 N–H and O–H groups in total. The minimum absolute atomic E-state index is 0.184. The lowest BCUT2D eigenvalue weighted by Gasteiger charge is -2.11. The molecule has 4 nitrogen and oxygen atoms in total. The highest BCUT2D eigenvalue weighted by atomic mass is 32.1. The Labute approximate surface area is 119 Å². The van der Waals surface area contributed by atoms with Crippen molar-refractivity contribution in [1.82, 2.24) is 5.32 Å². The molecule has 0 bridgehead atoms. The van der Waals surface area contributed by atoms with Gasteiger partial charge in [0.2, 0.25) is 0 Å². The Hall–Kier alpha value is -1.40. The summed E-state index contributed by atoms with van der Waals surface area (Å²) in [5.74, 6) is -1.54. The number of fused-ring (bicyclic) bond motifs is 1. The molecule has 0 fully saturated rings. The lowest BCUT2D eigenvalue weighted by molar-refractivity contribution is -0.141. The Morgan fingerprint density at radius 2 is 2.21 bits per heavy atom. The van der Waals surface area contributed by atoms with E-state index in [1.54, 1.807) is 11.3 Å². The predicted molar refractivity (Wildman–Crippen MR) is 78.1 cm³/mol. The lowest BCUT2D eigenvalue weighted by atomic mass is 10.0. The fourth-order valence-electron chi connectivity index (χ4n) is 1.84. The first-order valence-corrected chi connectivity index (χ1v) is 7.79. The maximum Gasteiger partial charge on any atom is 0.308 e. The second-order valence-electron chi connectivity index (χ2n) is 4.29. The van der Waals surface area contributed by atoms with Gasteiger partial charge in [-0.25, -0.2) is 0 Å². The Kier molecular flexibility index (Phi) is 4.55. The second kappa shape index (κ2) is 6.16. The van der Waals surface area contributed by atoms with Crippen LogP contribution in [0.4, 0.5) is 0 Å². The number of thiophene rings is 2. The van der Waals surface area contributed by atoms with E-state index in [-0.39, 0.29) is 12.5 Å². The van der Waals surface area contributed by atoms with E-state index in [0.717, 1.165) is 15.8 Å². The van der Waals surface area contributed by atoms with Crippen LogP contribution in [0.25, 0.3) is 9.40 Å². The van der Waals surface area contributed by atoms with Gasteiger partial charge in [-0.15, -0.1) is 22.7 Å². The largest absolute Gasteiger partial charge is 0.481 e. The Balaban J connectivity index is 1.97. The van der Waals surface area contributed by atoms with Crippen molar-refractivity contribution in [2.45, 2.75) is 19.8 Å². The van der Waals surface area contributed by atoms with Gasteiger partial charge >= 0.3 is 5.97 Å². The number of carbonyl (C=O) groups is 2. The zero-order chi connectivity index (χ0) is 13.8. The van der Waals surface area contributed by atoms with Crippen molar-refractivity contribution < 1.29 is 14.7 Å². The van der Waals surface area contributed by atoms with Crippen LogP contribution in [0.1, 0.15) is 29.4 Å². The number of carbonyl (C=O) groups excluding carboxylic acids is 1. The number of rotatable bonds is 6. The van der Waals surface area contributed by atoms with Gasteiger partial charge in [-0.3, -0.25) is 9.59 Å². The van der Waals surface area contributed by atoms with Crippen molar-refractivity contribution >= 4 is 43.9 Å². The molecule has 2 rings (SSSR count). The lowest BCUT2D eigenvalue weighted by Crippen LogP contribution is -2.32. The summed E-state index contributed by atoms with van der Waals surface area (Å²) in [5, 5.41) is 13.7. The normalized spacial score (nSPS) is 12.5. The molecule has 0 saturated carbocycles. The molecule has 6 heteroatoms. The van der Waals surface area contributed by atoms with E-state index >= 15 is 0 Å². The van der Waals surface area contributed by atoms with Crippen molar-refractivity contribution in [3.63, 3.8) is 0 Å². The first-order chi connectivity index (χ1) is 9.11. The zero-order valence-electron chi connectivity index (χ0n) is 10.5. The van der Waals surface area contributed by atoms with Crippen LogP contribution in [0.5, 0.6) is 0 Å². The number of carboxylic acids is 1. The fraction of sp³-hybridized carbons (Fsp3) is 0.385. The maximum absolute atomic E-state index is 12.0. The van der Waals surface area contributed by atoms with Gasteiger partial charge < -0.3 is 10.4 Å². The molecule has 0 aliphatic rings. The van der Waals surface area contributed by atoms with Crippen LogP contribution in [0.15, 0.2) is 17.5 Å². The predicted octanol–water partition coefficient (Wildman–Crippen LogP) is 3.19. The monoisotopic (exact) mass is 297 g/mol. The zero-order valence-corrected chi connectivity index (χ0v) is 12.1. The molecule has 2 heterocycles. The molecular formula is C13H15NO3S2. The van der Waals surface area contributed by atoms with Crippen molar-refractivity contribution in [3.8, 4) is 0 Å². The van der Waals surface area contributed by atoms with E-state index in [2.05, 4.69) is 5.32 Å². The number of hydrogen-bond donors (Lipinski definition) is 2. The highest BCUT2D eigenvalue weighted by Crippen LogP contribution is 2.29. The van der Waals surface area contributed by atoms with E-state index in [1.165, 1.54) is 11.3 Å². The van der Waals surface area contributed by atoms with Gasteiger partial charge in [-0.05, 0) is 23.9 Å². The van der Waals surface area contributed by atoms with Crippen LogP contribution in [0.2, 0.25) is 0 Å². The molecule has 0 spiro atoms. The summed E-state index contributed by atoms with van der Waals surface area (Å²) >= 11 is 3.04. The van der Waals surface area contributed by atoms with Crippen LogP contribution in [-0.2, 0) is 4.79 Å². The molecular weight excluding hydrogens is 282 g/mol. The van der Waals surface area contributed by atoms with Crippen LogP contribution < -0.4 is 5.32 Å². The Morgan fingerprint density at radius 3 is 2.84 bits per heavy atom. The third kappa shape index (κ3) is 3.33. The number of carboxylic acid groups (broad SMARTS) is 1. The van der Waals surface area contributed by atoms with Gasteiger partial charge in [0.25, 0.3) is 5.91 Å². The van der Waals surface area contributed by atoms with Crippen molar-refractivity contribution in [3.05, 3.63) is 22.4 Å². The minimum atomic E-state index is -0.852. The first-order valence-electron chi connectivity index (χ1n) is 6.10. The molecule has 2 aromatic rings. The minimum Gasteiger partial charge on any atom is -0.481 e. The van der Waals surface area contributed by atoms with Crippen LogP contribution in [-0.4, -0.2) is 23.5 Å². The quantitative estimate of drug-likeness (QED) is 0.860. The van der Waals surface area contributed by atoms with E-state index < -0.39 is 11.9 Å². The topological polar surface area (TPSA) is 66.4 Å². The van der Waals surface area contributed by atoms with Crippen LogP contribution >= 0.6 is 22.7 Å². The van der Waals surface area contributed by atoms with E-state index in [1.807, 2.05) is 24.4 Å². The third-order valence-corrected chi connectivity index (χ3v) is 4.95. The van der Waals surface area contributed by atoms with Crippen molar-refractivity contribution in [2.75, 3.05) is 6.54 Å². The number of hydrogen-bond acceptors (Lipinski definition) is 4. The molecule has 1 atom stereocenters. The summed E-state index contributed by atoms with van der Waals surface area (Å²) in [5.41, 5.74) is 0. The molecule has 0 saturated heterocycles. The average molecular weight is 297 g/mol. The van der Waals surface area contributed by atoms with Gasteiger partial charge in [-0.2, -0.15) is 0 Å². The number of aliphatic carboxylic acids is 1. The van der Waals surface area contributed by atoms with Crippen LogP contribution in [0.3, 0.4) is 0 Å². The molecule has 102 valence electrons. The smallest absolute Gasteiger partial charge is 0.308 e. The maximum atomic E-state index is 12.0. The standard InChI is InChI=1S/C13H15NO3S2/c1-2-3-8(13(16)17)7-14-12(15)11-6-10-9(19-11)4-5-18-10/h4-6,8H,2-3,7H2,1H3,(H,14,15)(H,16,17). The molecule has 2 aromatic heterocycles. The van der Waals surface area contributed by atoms with Crippen molar-refractivity contribution in [2.24, 2.45) is 5.92 Å². The molecule has 1 unspecified atom stereocenters. The SMILES string of the molecule is CCCC(CNC(=O)c1cc2sccc2s1)C(=O)O. The highest BCUT2D eigenvalue weighted by molar-refractivity contribution is 7.27. The summed E-state index contributed by atoms with van der Waals surface area (Å²) in [6.07, 6.45) is 1.37.